The monoisotopic (exact) mass is 290 g/mol. The highest BCUT2D eigenvalue weighted by atomic mass is 17.0. The van der Waals surface area contributed by atoms with Crippen LogP contribution in [0.1, 0.15) is 0 Å². The molecule has 0 rings (SSSR count). The van der Waals surface area contributed by atoms with E-state index in [1.165, 1.54) is 0 Å². The van der Waals surface area contributed by atoms with Crippen LogP contribution in [0.15, 0.2) is 0 Å². The summed E-state index contributed by atoms with van der Waals surface area (Å²) in [6, 6.07) is 0. The molecule has 0 heterocycles. The van der Waals surface area contributed by atoms with Crippen molar-refractivity contribution in [2.24, 2.45) is 0 Å². The van der Waals surface area contributed by atoms with E-state index in [1.807, 2.05) is 0 Å². The van der Waals surface area contributed by atoms with Crippen LogP contribution in [-0.2, 0) is 14.5 Å². The molecule has 0 bridgehead atoms. The largest absolute Gasteiger partial charge is 0.328 e. The summed E-state index contributed by atoms with van der Waals surface area (Å²) in [4.78, 5) is 48.9. The zero-order valence-corrected chi connectivity index (χ0v) is 8.72. The van der Waals surface area contributed by atoms with Gasteiger partial charge in [-0.2, -0.15) is 0 Å². The van der Waals surface area contributed by atoms with Crippen molar-refractivity contribution >= 4 is 0 Å². The second-order valence-electron chi connectivity index (χ2n) is 2.23. The normalized spacial score (nSPS) is 8.68. The van der Waals surface area contributed by atoms with Crippen molar-refractivity contribution in [3.8, 4) is 0 Å². The van der Waals surface area contributed by atoms with Crippen molar-refractivity contribution in [3.63, 3.8) is 0 Å². The number of nitrogens with zero attached hydrogens (tertiary/aromatic N) is 4. The molecule has 0 aromatic carbocycles. The minimum atomic E-state index is -1.55. The number of hydrogen-bond donors (Lipinski definition) is 1. The molecule has 0 atom stereocenters. The van der Waals surface area contributed by atoms with Gasteiger partial charge < -0.3 is 19.7 Å². The molecule has 0 aromatic heterocycles. The Bertz CT molecular complexity index is 307. The van der Waals surface area contributed by atoms with Gasteiger partial charge in [-0.15, -0.1) is 40.5 Å². The summed E-state index contributed by atoms with van der Waals surface area (Å²) in [5, 5.41) is 39.2. The maximum absolute atomic E-state index is 9.83. The Morgan fingerprint density at radius 1 is 0.842 bits per heavy atom. The third-order valence-corrected chi connectivity index (χ3v) is 0.967. The molecule has 0 aliphatic heterocycles. The van der Waals surface area contributed by atoms with Crippen molar-refractivity contribution in [2.45, 2.75) is 6.10 Å². The van der Waals surface area contributed by atoms with Gasteiger partial charge in [0.05, 0.1) is 0 Å². The van der Waals surface area contributed by atoms with Crippen molar-refractivity contribution in [1.29, 1.82) is 0 Å². The first-order chi connectivity index (χ1) is 8.65. The van der Waals surface area contributed by atoms with E-state index in [4.69, 9.17) is 15.3 Å². The van der Waals surface area contributed by atoms with Gasteiger partial charge in [-0.3, -0.25) is 0 Å². The second-order valence-corrected chi connectivity index (χ2v) is 2.23. The molecule has 1 N–H and O–H groups in total. The Labute approximate surface area is 101 Å². The highest BCUT2D eigenvalue weighted by Crippen LogP contribution is 1.96. The van der Waals surface area contributed by atoms with E-state index in [1.54, 1.807) is 0 Å². The van der Waals surface area contributed by atoms with Crippen LogP contribution in [0.5, 0.6) is 0 Å². The van der Waals surface area contributed by atoms with Crippen LogP contribution < -0.4 is 0 Å². The quantitative estimate of drug-likeness (QED) is 0.403. The molecular weight excluding hydrogens is 284 g/mol. The molecule has 0 radical (unpaired) electrons. The molecule has 0 aromatic rings. The van der Waals surface area contributed by atoms with Crippen molar-refractivity contribution in [3.05, 3.63) is 40.5 Å². The molecule has 110 valence electrons. The van der Waals surface area contributed by atoms with Gasteiger partial charge in [0, 0.05) is 0 Å². The lowest BCUT2D eigenvalue weighted by Crippen LogP contribution is -2.30. The van der Waals surface area contributed by atoms with E-state index in [2.05, 4.69) is 14.5 Å². The SMILES string of the molecule is O=[N+]([O-])O.O=[N+]([O-])OCC(CO[N+](=O)[O-])O[N+](=O)[O-]. The van der Waals surface area contributed by atoms with Gasteiger partial charge in [0.1, 0.15) is 13.2 Å². The molecule has 0 spiro atoms. The summed E-state index contributed by atoms with van der Waals surface area (Å²) in [6.07, 6.45) is -1.55. The molecule has 16 heteroatoms. The lowest BCUT2D eigenvalue weighted by Gasteiger charge is -2.11. The predicted octanol–water partition coefficient (Wildman–Crippen LogP) is -1.37. The van der Waals surface area contributed by atoms with Crippen LogP contribution >= 0.6 is 0 Å². The van der Waals surface area contributed by atoms with Crippen LogP contribution in [0.2, 0.25) is 0 Å². The molecule has 0 amide bonds. The van der Waals surface area contributed by atoms with Crippen molar-refractivity contribution in [2.75, 3.05) is 13.2 Å². The maximum Gasteiger partial charge on any atom is 0.294 e. The first-order valence-corrected chi connectivity index (χ1v) is 3.84. The van der Waals surface area contributed by atoms with E-state index < -0.39 is 39.7 Å². The van der Waals surface area contributed by atoms with Gasteiger partial charge in [-0.1, -0.05) is 0 Å². The first-order valence-electron chi connectivity index (χ1n) is 3.84. The minimum Gasteiger partial charge on any atom is -0.328 e. The van der Waals surface area contributed by atoms with Gasteiger partial charge in [0.15, 0.2) is 6.10 Å². The van der Waals surface area contributed by atoms with Crippen molar-refractivity contribution in [1.82, 2.24) is 0 Å². The Morgan fingerprint density at radius 3 is 1.37 bits per heavy atom. The maximum atomic E-state index is 9.83. The summed E-state index contributed by atoms with van der Waals surface area (Å²) in [6.45, 7) is -1.69. The molecule has 0 aliphatic rings. The fraction of sp³-hybridized carbons (Fsp3) is 1.00. The topological polar surface area (TPSA) is 220 Å². The van der Waals surface area contributed by atoms with Gasteiger partial charge in [-0.25, -0.2) is 0 Å². The lowest BCUT2D eigenvalue weighted by atomic mass is 10.4. The number of rotatable bonds is 8. The Balaban J connectivity index is 0. The molecule has 0 aliphatic carbocycles. The molecule has 0 unspecified atom stereocenters. The highest BCUT2D eigenvalue weighted by Gasteiger charge is 2.17. The van der Waals surface area contributed by atoms with Crippen LogP contribution in [-0.4, -0.2) is 44.9 Å². The average molecular weight is 290 g/mol. The summed E-state index contributed by atoms with van der Waals surface area (Å²) >= 11 is 0. The Kier molecular flexibility index (Phi) is 9.55. The zero-order chi connectivity index (χ0) is 15.4. The first kappa shape index (κ1) is 18.2. The van der Waals surface area contributed by atoms with E-state index in [9.17, 15) is 30.3 Å². The van der Waals surface area contributed by atoms with E-state index in [0.717, 1.165) is 0 Å². The smallest absolute Gasteiger partial charge is 0.294 e. The molecular formula is C3H6N4O12. The fourth-order valence-corrected chi connectivity index (χ4v) is 0.519. The molecule has 0 saturated heterocycles. The Hall–Kier alpha value is -3.20. The summed E-state index contributed by atoms with van der Waals surface area (Å²) in [5.41, 5.74) is 0. The Morgan fingerprint density at radius 2 is 1.16 bits per heavy atom. The van der Waals surface area contributed by atoms with E-state index >= 15 is 0 Å². The van der Waals surface area contributed by atoms with Crippen LogP contribution in [0.3, 0.4) is 0 Å². The van der Waals surface area contributed by atoms with E-state index in [0.29, 0.717) is 0 Å². The molecule has 0 saturated carbocycles. The van der Waals surface area contributed by atoms with Gasteiger partial charge in [0.2, 0.25) is 0 Å². The summed E-state index contributed by atoms with van der Waals surface area (Å²) in [5.74, 6) is 0. The summed E-state index contributed by atoms with van der Waals surface area (Å²) in [7, 11) is 0. The summed E-state index contributed by atoms with van der Waals surface area (Å²) < 4.78 is 0. The molecule has 0 fully saturated rings. The number of hydrogen-bond acceptors (Lipinski definition) is 11. The highest BCUT2D eigenvalue weighted by molar-refractivity contribution is 4.49. The predicted molar refractivity (Wildman–Crippen MR) is 46.5 cm³/mol. The van der Waals surface area contributed by atoms with Gasteiger partial charge in [0.25, 0.3) is 20.3 Å². The van der Waals surface area contributed by atoms with Crippen molar-refractivity contribution < 1.29 is 40.1 Å². The molecule has 16 nitrogen and oxygen atoms in total. The average Bonchev–Trinajstić information content (AvgIpc) is 2.20. The lowest BCUT2D eigenvalue weighted by molar-refractivity contribution is -0.803. The second kappa shape index (κ2) is 9.99. The van der Waals surface area contributed by atoms with Crippen LogP contribution in [0.25, 0.3) is 0 Å². The fourth-order valence-electron chi connectivity index (χ4n) is 0.519. The molecule has 19 heavy (non-hydrogen) atoms. The third-order valence-electron chi connectivity index (χ3n) is 0.967. The van der Waals surface area contributed by atoms with Gasteiger partial charge in [-0.05, 0) is 0 Å². The zero-order valence-electron chi connectivity index (χ0n) is 8.72. The van der Waals surface area contributed by atoms with Crippen LogP contribution in [0.4, 0.5) is 0 Å². The van der Waals surface area contributed by atoms with E-state index in [-0.39, 0.29) is 0 Å². The third kappa shape index (κ3) is 20.8. The standard InChI is InChI=1S/C3H5N3O9.HNO3/c7-4(8)13-1-3(15-6(11)12)2-14-5(9)10;2-1(3)4/h3H,1-2H2;(H,2,3,4). The minimum absolute atomic E-state index is 0.845. The van der Waals surface area contributed by atoms with Crippen LogP contribution in [0, 0.1) is 40.5 Å². The van der Waals surface area contributed by atoms with Gasteiger partial charge >= 0.3 is 0 Å².